The van der Waals surface area contributed by atoms with Crippen LogP contribution in [0, 0.1) is 0 Å². The van der Waals surface area contributed by atoms with Crippen LogP contribution in [0.15, 0.2) is 67.1 Å². The fourth-order valence-corrected chi connectivity index (χ4v) is 3.22. The SMILES string of the molecule is O=C(Cc1ccc(Cl)c(Cl)c1)NCc1ccc(-n2cnc3ccccc32)nc1. The van der Waals surface area contributed by atoms with Crippen molar-refractivity contribution in [2.24, 2.45) is 0 Å². The van der Waals surface area contributed by atoms with Crippen LogP contribution in [-0.2, 0) is 17.8 Å². The van der Waals surface area contributed by atoms with Gasteiger partial charge in [0.05, 0.1) is 27.5 Å². The number of pyridine rings is 1. The Hall–Kier alpha value is -2.89. The van der Waals surface area contributed by atoms with E-state index in [-0.39, 0.29) is 12.3 Å². The Kier molecular flexibility index (Phi) is 5.28. The van der Waals surface area contributed by atoms with Crippen LogP contribution < -0.4 is 5.32 Å². The van der Waals surface area contributed by atoms with E-state index in [1.807, 2.05) is 41.0 Å². The molecule has 1 amide bonds. The van der Waals surface area contributed by atoms with Crippen molar-refractivity contribution < 1.29 is 4.79 Å². The van der Waals surface area contributed by atoms with Gasteiger partial charge in [-0.2, -0.15) is 0 Å². The average molecular weight is 411 g/mol. The lowest BCUT2D eigenvalue weighted by molar-refractivity contribution is -0.120. The third kappa shape index (κ3) is 4.01. The predicted molar refractivity (Wildman–Crippen MR) is 111 cm³/mol. The first kappa shape index (κ1) is 18.5. The molecule has 7 heteroatoms. The lowest BCUT2D eigenvalue weighted by atomic mass is 10.1. The van der Waals surface area contributed by atoms with Gasteiger partial charge in [0.1, 0.15) is 12.1 Å². The summed E-state index contributed by atoms with van der Waals surface area (Å²) in [6.45, 7) is 0.401. The summed E-state index contributed by atoms with van der Waals surface area (Å²) in [6, 6.07) is 16.9. The number of fused-ring (bicyclic) bond motifs is 1. The van der Waals surface area contributed by atoms with Crippen molar-refractivity contribution in [3.63, 3.8) is 0 Å². The van der Waals surface area contributed by atoms with Crippen LogP contribution in [0.25, 0.3) is 16.9 Å². The number of hydrogen-bond donors (Lipinski definition) is 1. The number of imidazole rings is 1. The number of nitrogens with zero attached hydrogens (tertiary/aromatic N) is 3. The molecule has 0 saturated heterocycles. The standard InChI is InChI=1S/C21H16Cl2N4O/c22-16-7-5-14(9-17(16)23)10-21(28)25-12-15-6-8-20(24-11-15)27-13-26-18-3-1-2-4-19(18)27/h1-9,11,13H,10,12H2,(H,25,28). The fraction of sp³-hybridized carbons (Fsp3) is 0.0952. The van der Waals surface area contributed by atoms with Crippen molar-refractivity contribution in [2.45, 2.75) is 13.0 Å². The molecule has 0 atom stereocenters. The summed E-state index contributed by atoms with van der Waals surface area (Å²) in [4.78, 5) is 21.0. The molecule has 0 radical (unpaired) electrons. The summed E-state index contributed by atoms with van der Waals surface area (Å²) in [7, 11) is 0. The molecule has 28 heavy (non-hydrogen) atoms. The Bertz CT molecular complexity index is 1140. The van der Waals surface area contributed by atoms with Gasteiger partial charge in [0, 0.05) is 12.7 Å². The highest BCUT2D eigenvalue weighted by molar-refractivity contribution is 6.42. The maximum Gasteiger partial charge on any atom is 0.224 e. The minimum atomic E-state index is -0.0944. The molecule has 2 heterocycles. The first-order valence-electron chi connectivity index (χ1n) is 8.68. The third-order valence-corrected chi connectivity index (χ3v) is 5.09. The van der Waals surface area contributed by atoms with Gasteiger partial charge >= 0.3 is 0 Å². The average Bonchev–Trinajstić information content (AvgIpc) is 3.14. The Balaban J connectivity index is 1.39. The van der Waals surface area contributed by atoms with E-state index in [0.29, 0.717) is 16.6 Å². The molecule has 4 rings (SSSR count). The minimum absolute atomic E-state index is 0.0944. The van der Waals surface area contributed by atoms with E-state index >= 15 is 0 Å². The molecule has 0 saturated carbocycles. The van der Waals surface area contributed by atoms with Crippen LogP contribution in [0.1, 0.15) is 11.1 Å². The zero-order valence-electron chi connectivity index (χ0n) is 14.8. The van der Waals surface area contributed by atoms with Crippen molar-refractivity contribution >= 4 is 40.1 Å². The van der Waals surface area contributed by atoms with Crippen LogP contribution in [0.3, 0.4) is 0 Å². The summed E-state index contributed by atoms with van der Waals surface area (Å²) in [6.07, 6.45) is 3.75. The van der Waals surface area contributed by atoms with E-state index in [0.717, 1.165) is 28.0 Å². The van der Waals surface area contributed by atoms with Gasteiger partial charge in [0.15, 0.2) is 0 Å². The summed E-state index contributed by atoms with van der Waals surface area (Å²) in [5.41, 5.74) is 3.64. The minimum Gasteiger partial charge on any atom is -0.352 e. The molecular weight excluding hydrogens is 395 g/mol. The number of carbonyl (C=O) groups excluding carboxylic acids is 1. The van der Waals surface area contributed by atoms with Gasteiger partial charge in [-0.15, -0.1) is 0 Å². The highest BCUT2D eigenvalue weighted by Crippen LogP contribution is 2.22. The van der Waals surface area contributed by atoms with Crippen LogP contribution in [0.5, 0.6) is 0 Å². The largest absolute Gasteiger partial charge is 0.352 e. The van der Waals surface area contributed by atoms with E-state index in [9.17, 15) is 4.79 Å². The van der Waals surface area contributed by atoms with Gasteiger partial charge < -0.3 is 5.32 Å². The number of rotatable bonds is 5. The first-order valence-corrected chi connectivity index (χ1v) is 9.44. The number of halogens is 2. The van der Waals surface area contributed by atoms with Crippen molar-refractivity contribution in [3.8, 4) is 5.82 Å². The number of para-hydroxylation sites is 2. The van der Waals surface area contributed by atoms with Gasteiger partial charge in [-0.25, -0.2) is 9.97 Å². The zero-order chi connectivity index (χ0) is 19.5. The van der Waals surface area contributed by atoms with Crippen molar-refractivity contribution in [1.82, 2.24) is 19.9 Å². The molecule has 1 N–H and O–H groups in total. The Morgan fingerprint density at radius 3 is 2.57 bits per heavy atom. The molecular formula is C21H16Cl2N4O. The van der Waals surface area contributed by atoms with Crippen LogP contribution in [0.2, 0.25) is 10.0 Å². The van der Waals surface area contributed by atoms with E-state index in [2.05, 4.69) is 15.3 Å². The molecule has 0 unspecified atom stereocenters. The zero-order valence-corrected chi connectivity index (χ0v) is 16.3. The molecule has 140 valence electrons. The Morgan fingerprint density at radius 1 is 0.964 bits per heavy atom. The number of benzene rings is 2. The van der Waals surface area contributed by atoms with Gasteiger partial charge in [-0.3, -0.25) is 9.36 Å². The highest BCUT2D eigenvalue weighted by Gasteiger charge is 2.07. The van der Waals surface area contributed by atoms with E-state index in [4.69, 9.17) is 23.2 Å². The lowest BCUT2D eigenvalue weighted by Gasteiger charge is -2.08. The van der Waals surface area contributed by atoms with Gasteiger partial charge in [0.2, 0.25) is 5.91 Å². The second kappa shape index (κ2) is 8.00. The van der Waals surface area contributed by atoms with Gasteiger partial charge in [-0.1, -0.05) is 47.5 Å². The number of hydrogen-bond acceptors (Lipinski definition) is 3. The molecule has 0 bridgehead atoms. The Morgan fingerprint density at radius 2 is 1.79 bits per heavy atom. The number of carbonyl (C=O) groups is 1. The summed E-state index contributed by atoms with van der Waals surface area (Å²) >= 11 is 11.9. The normalized spacial score (nSPS) is 10.9. The van der Waals surface area contributed by atoms with Crippen LogP contribution >= 0.6 is 23.2 Å². The molecule has 0 aliphatic carbocycles. The maximum absolute atomic E-state index is 12.2. The molecule has 0 aliphatic rings. The van der Waals surface area contributed by atoms with E-state index in [1.165, 1.54) is 0 Å². The summed E-state index contributed by atoms with van der Waals surface area (Å²) in [5, 5.41) is 3.81. The van der Waals surface area contributed by atoms with E-state index in [1.54, 1.807) is 30.7 Å². The lowest BCUT2D eigenvalue weighted by Crippen LogP contribution is -2.24. The molecule has 5 nitrogen and oxygen atoms in total. The monoisotopic (exact) mass is 410 g/mol. The molecule has 4 aromatic rings. The molecule has 2 aromatic carbocycles. The molecule has 2 aromatic heterocycles. The quantitative estimate of drug-likeness (QED) is 0.523. The summed E-state index contributed by atoms with van der Waals surface area (Å²) in [5.74, 6) is 0.683. The number of aromatic nitrogens is 3. The maximum atomic E-state index is 12.2. The van der Waals surface area contributed by atoms with Crippen molar-refractivity contribution in [3.05, 3.63) is 88.3 Å². The van der Waals surface area contributed by atoms with Crippen LogP contribution in [-0.4, -0.2) is 20.4 Å². The molecule has 0 aliphatic heterocycles. The Labute approximate surface area is 171 Å². The summed E-state index contributed by atoms with van der Waals surface area (Å²) < 4.78 is 1.93. The highest BCUT2D eigenvalue weighted by atomic mass is 35.5. The smallest absolute Gasteiger partial charge is 0.224 e. The second-order valence-electron chi connectivity index (χ2n) is 6.33. The van der Waals surface area contributed by atoms with Crippen LogP contribution in [0.4, 0.5) is 0 Å². The van der Waals surface area contributed by atoms with Gasteiger partial charge in [-0.05, 0) is 41.5 Å². The number of amides is 1. The van der Waals surface area contributed by atoms with Crippen molar-refractivity contribution in [2.75, 3.05) is 0 Å². The van der Waals surface area contributed by atoms with Gasteiger partial charge in [0.25, 0.3) is 0 Å². The van der Waals surface area contributed by atoms with E-state index < -0.39 is 0 Å². The third-order valence-electron chi connectivity index (χ3n) is 4.35. The predicted octanol–water partition coefficient (Wildman–Crippen LogP) is 4.59. The second-order valence-corrected chi connectivity index (χ2v) is 7.14. The molecule has 0 fully saturated rings. The number of nitrogens with one attached hydrogen (secondary N) is 1. The fourth-order valence-electron chi connectivity index (χ4n) is 2.90. The first-order chi connectivity index (χ1) is 13.6. The topological polar surface area (TPSA) is 59.8 Å². The van der Waals surface area contributed by atoms with Crippen molar-refractivity contribution in [1.29, 1.82) is 0 Å². The molecule has 0 spiro atoms.